The Morgan fingerprint density at radius 2 is 1.88 bits per heavy atom. The quantitative estimate of drug-likeness (QED) is 0.206. The minimum absolute atomic E-state index is 0.0851. The van der Waals surface area contributed by atoms with E-state index in [0.29, 0.717) is 39.4 Å². The van der Waals surface area contributed by atoms with Crippen LogP contribution in [0.3, 0.4) is 0 Å². The van der Waals surface area contributed by atoms with Gasteiger partial charge >= 0.3 is 0 Å². The van der Waals surface area contributed by atoms with E-state index in [0.717, 1.165) is 32.3 Å². The third-order valence-corrected chi connectivity index (χ3v) is 8.58. The van der Waals surface area contributed by atoms with Crippen LogP contribution >= 0.6 is 46.3 Å². The van der Waals surface area contributed by atoms with Gasteiger partial charge < -0.3 is 9.47 Å². The molecule has 9 heteroatoms. The Bertz CT molecular complexity index is 1430. The third kappa shape index (κ3) is 4.36. The average Bonchev–Trinajstić information content (AvgIpc) is 3.15. The van der Waals surface area contributed by atoms with Crippen LogP contribution in [-0.4, -0.2) is 22.3 Å². The highest BCUT2D eigenvalue weighted by Crippen LogP contribution is 2.39. The van der Waals surface area contributed by atoms with Gasteiger partial charge in [0.2, 0.25) is 0 Å². The smallest absolute Gasteiger partial charge is 0.267 e. The highest BCUT2D eigenvalue weighted by atomic mass is 35.5. The fraction of sp³-hybridized carbons (Fsp3) is 0.280. The molecule has 0 aliphatic carbocycles. The monoisotopic (exact) mass is 532 g/mol. The Kier molecular flexibility index (Phi) is 6.42. The zero-order chi connectivity index (χ0) is 24.0. The molecule has 0 unspecified atom stereocenters. The number of hydrogen-bond donors (Lipinski definition) is 0. The van der Waals surface area contributed by atoms with Crippen LogP contribution < -0.4 is 10.3 Å². The van der Waals surface area contributed by atoms with E-state index in [1.807, 2.05) is 56.3 Å². The second-order valence-corrected chi connectivity index (χ2v) is 11.5. The van der Waals surface area contributed by atoms with Gasteiger partial charge in [-0.05, 0) is 61.4 Å². The molecule has 4 aromatic rings. The highest BCUT2D eigenvalue weighted by molar-refractivity contribution is 7.98. The maximum Gasteiger partial charge on any atom is 0.267 e. The van der Waals surface area contributed by atoms with Crippen molar-refractivity contribution in [2.75, 3.05) is 7.11 Å². The van der Waals surface area contributed by atoms with Gasteiger partial charge in [0.25, 0.3) is 5.56 Å². The number of benzene rings is 2. The fourth-order valence-corrected chi connectivity index (χ4v) is 6.94. The van der Waals surface area contributed by atoms with Crippen molar-refractivity contribution in [2.24, 2.45) is 0 Å². The molecule has 0 bridgehead atoms. The first-order chi connectivity index (χ1) is 16.3. The van der Waals surface area contributed by atoms with Crippen LogP contribution in [-0.2, 0) is 23.5 Å². The molecule has 2 aromatic carbocycles. The molecule has 176 valence electrons. The van der Waals surface area contributed by atoms with Crippen LogP contribution in [0.15, 0.2) is 52.4 Å². The summed E-state index contributed by atoms with van der Waals surface area (Å²) >= 11 is 15.8. The topological polar surface area (TPSA) is 53.4 Å². The maximum absolute atomic E-state index is 14.0. The van der Waals surface area contributed by atoms with E-state index in [1.165, 1.54) is 23.1 Å². The van der Waals surface area contributed by atoms with Crippen molar-refractivity contribution in [3.8, 4) is 11.4 Å². The average molecular weight is 534 g/mol. The van der Waals surface area contributed by atoms with Gasteiger partial charge in [0.15, 0.2) is 5.16 Å². The second kappa shape index (κ2) is 9.21. The molecule has 0 fully saturated rings. The number of nitrogens with zero attached hydrogens (tertiary/aromatic N) is 2. The van der Waals surface area contributed by atoms with Crippen molar-refractivity contribution >= 4 is 56.5 Å². The molecule has 0 saturated carbocycles. The lowest BCUT2D eigenvalue weighted by Gasteiger charge is -2.29. The number of thioether (sulfide) groups is 1. The van der Waals surface area contributed by atoms with Crippen molar-refractivity contribution < 1.29 is 9.47 Å². The molecule has 5 rings (SSSR count). The minimum Gasteiger partial charge on any atom is -0.497 e. The van der Waals surface area contributed by atoms with Crippen molar-refractivity contribution in [2.45, 2.75) is 43.4 Å². The lowest BCUT2D eigenvalue weighted by atomic mass is 9.94. The molecule has 0 N–H and O–H groups in total. The van der Waals surface area contributed by atoms with Gasteiger partial charge in [0.05, 0.1) is 30.4 Å². The Labute approximate surface area is 215 Å². The Morgan fingerprint density at radius 3 is 2.56 bits per heavy atom. The van der Waals surface area contributed by atoms with E-state index in [2.05, 4.69) is 0 Å². The van der Waals surface area contributed by atoms with Gasteiger partial charge in [-0.1, -0.05) is 41.0 Å². The largest absolute Gasteiger partial charge is 0.497 e. The normalized spacial score (nSPS) is 14.9. The first kappa shape index (κ1) is 23.7. The third-order valence-electron chi connectivity index (χ3n) is 5.81. The predicted molar refractivity (Wildman–Crippen MR) is 140 cm³/mol. The van der Waals surface area contributed by atoms with Gasteiger partial charge in [-0.15, -0.1) is 11.3 Å². The molecule has 0 atom stereocenters. The van der Waals surface area contributed by atoms with Crippen molar-refractivity contribution in [3.05, 3.63) is 78.9 Å². The number of halogens is 2. The SMILES string of the molecule is COc1ccc(-n2c(SCc3c(Cl)cccc3Cl)nc3sc4c(c3c2=O)CC(C)(C)OC4)cc1. The summed E-state index contributed by atoms with van der Waals surface area (Å²) in [6.45, 7) is 4.59. The first-order valence-corrected chi connectivity index (χ1v) is 13.2. The summed E-state index contributed by atoms with van der Waals surface area (Å²) in [4.78, 5) is 20.7. The number of aromatic nitrogens is 2. The molecule has 0 spiro atoms. The van der Waals surface area contributed by atoms with Crippen LogP contribution in [0.5, 0.6) is 5.75 Å². The molecular formula is C25H22Cl2N2O3S2. The zero-order valence-electron chi connectivity index (χ0n) is 18.9. The maximum atomic E-state index is 14.0. The van der Waals surface area contributed by atoms with E-state index >= 15 is 0 Å². The summed E-state index contributed by atoms with van der Waals surface area (Å²) in [5.74, 6) is 1.20. The molecule has 0 saturated heterocycles. The molecule has 0 amide bonds. The standard InChI is InChI=1S/C25H22Cl2N2O3S2/c1-25(2)11-16-20(12-32-25)34-22-21(16)23(30)29(14-7-9-15(31-3)10-8-14)24(28-22)33-13-17-18(26)5-4-6-19(17)27/h4-10H,11-13H2,1-3H3. The lowest BCUT2D eigenvalue weighted by Crippen LogP contribution is -2.32. The number of rotatable bonds is 5. The number of thiophene rings is 1. The summed E-state index contributed by atoms with van der Waals surface area (Å²) in [6.07, 6.45) is 0.670. The summed E-state index contributed by atoms with van der Waals surface area (Å²) in [6, 6.07) is 12.8. The second-order valence-electron chi connectivity index (χ2n) is 8.63. The van der Waals surface area contributed by atoms with Gasteiger partial charge in [-0.25, -0.2) is 4.98 Å². The summed E-state index contributed by atoms with van der Waals surface area (Å²) in [7, 11) is 1.62. The number of fused-ring (bicyclic) bond motifs is 3. The van der Waals surface area contributed by atoms with E-state index in [9.17, 15) is 4.79 Å². The van der Waals surface area contributed by atoms with Crippen molar-refractivity contribution in [3.63, 3.8) is 0 Å². The number of ether oxygens (including phenoxy) is 2. The summed E-state index contributed by atoms with van der Waals surface area (Å²) < 4.78 is 13.0. The van der Waals surface area contributed by atoms with E-state index in [4.69, 9.17) is 37.7 Å². The Balaban J connectivity index is 1.67. The van der Waals surface area contributed by atoms with Gasteiger partial charge in [0, 0.05) is 27.1 Å². The molecule has 1 aliphatic heterocycles. The summed E-state index contributed by atoms with van der Waals surface area (Å²) in [5, 5.41) is 2.43. The first-order valence-electron chi connectivity index (χ1n) is 10.7. The number of hydrogen-bond acceptors (Lipinski definition) is 6. The predicted octanol–water partition coefficient (Wildman–Crippen LogP) is 6.91. The molecule has 5 nitrogen and oxygen atoms in total. The molecule has 3 heterocycles. The van der Waals surface area contributed by atoms with Crippen molar-refractivity contribution in [1.29, 1.82) is 0 Å². The van der Waals surface area contributed by atoms with Gasteiger partial charge in [-0.2, -0.15) is 0 Å². The van der Waals surface area contributed by atoms with Crippen molar-refractivity contribution in [1.82, 2.24) is 9.55 Å². The molecule has 0 radical (unpaired) electrons. The van der Waals surface area contributed by atoms with E-state index in [-0.39, 0.29) is 11.2 Å². The van der Waals surface area contributed by atoms with Crippen LogP contribution in [0.2, 0.25) is 10.0 Å². The molecular weight excluding hydrogens is 511 g/mol. The van der Waals surface area contributed by atoms with Crippen LogP contribution in [0, 0.1) is 0 Å². The van der Waals surface area contributed by atoms with Gasteiger partial charge in [-0.3, -0.25) is 9.36 Å². The lowest BCUT2D eigenvalue weighted by molar-refractivity contribution is -0.0379. The fourth-order valence-electron chi connectivity index (χ4n) is 4.04. The van der Waals surface area contributed by atoms with Crippen LogP contribution in [0.1, 0.15) is 29.9 Å². The van der Waals surface area contributed by atoms with Crippen LogP contribution in [0.4, 0.5) is 0 Å². The Hall–Kier alpha value is -2.03. The Morgan fingerprint density at radius 1 is 1.18 bits per heavy atom. The van der Waals surface area contributed by atoms with E-state index in [1.54, 1.807) is 11.7 Å². The highest BCUT2D eigenvalue weighted by Gasteiger charge is 2.31. The molecule has 1 aliphatic rings. The zero-order valence-corrected chi connectivity index (χ0v) is 22.0. The number of methoxy groups -OCH3 is 1. The van der Waals surface area contributed by atoms with Crippen LogP contribution in [0.25, 0.3) is 15.9 Å². The van der Waals surface area contributed by atoms with Gasteiger partial charge in [0.1, 0.15) is 10.6 Å². The van der Waals surface area contributed by atoms with E-state index < -0.39 is 0 Å². The molecule has 34 heavy (non-hydrogen) atoms. The summed E-state index contributed by atoms with van der Waals surface area (Å²) in [5.41, 5.74) is 2.17. The molecule has 2 aromatic heterocycles. The minimum atomic E-state index is -0.327.